The lowest BCUT2D eigenvalue weighted by Gasteiger charge is -2.13. The van der Waals surface area contributed by atoms with E-state index in [2.05, 4.69) is 0 Å². The van der Waals surface area contributed by atoms with E-state index in [9.17, 15) is 13.2 Å². The molecule has 1 aliphatic rings. The molecule has 9 heavy (non-hydrogen) atoms. The van der Waals surface area contributed by atoms with Gasteiger partial charge in [-0.15, -0.1) is 0 Å². The molecule has 54 valence electrons. The van der Waals surface area contributed by atoms with Crippen LogP contribution >= 0.6 is 0 Å². The van der Waals surface area contributed by atoms with E-state index in [4.69, 9.17) is 5.73 Å². The summed E-state index contributed by atoms with van der Waals surface area (Å²) in [5.74, 6) is 0. The first-order valence-corrected chi connectivity index (χ1v) is 2.70. The lowest BCUT2D eigenvalue weighted by Crippen LogP contribution is -2.27. The molecule has 1 saturated carbocycles. The van der Waals surface area contributed by atoms with Crippen LogP contribution in [-0.2, 0) is 0 Å². The van der Waals surface area contributed by atoms with E-state index < -0.39 is 17.6 Å². The molecule has 0 unspecified atom stereocenters. The van der Waals surface area contributed by atoms with Gasteiger partial charge in [0.15, 0.2) is 0 Å². The highest BCUT2D eigenvalue weighted by Crippen LogP contribution is 2.55. The Balaban J connectivity index is 2.64. The number of rotatable bonds is 0. The van der Waals surface area contributed by atoms with Crippen LogP contribution in [0.1, 0.15) is 13.3 Å². The van der Waals surface area contributed by atoms with Gasteiger partial charge in [-0.3, -0.25) is 0 Å². The van der Waals surface area contributed by atoms with Crippen LogP contribution in [0.4, 0.5) is 13.2 Å². The predicted octanol–water partition coefficient (Wildman–Crippen LogP) is 1.29. The zero-order valence-corrected chi connectivity index (χ0v) is 5.00. The highest BCUT2D eigenvalue weighted by atomic mass is 19.4. The van der Waals surface area contributed by atoms with Gasteiger partial charge in [0.25, 0.3) is 0 Å². The van der Waals surface area contributed by atoms with Crippen molar-refractivity contribution in [2.45, 2.75) is 25.6 Å². The normalized spacial score (nSPS) is 43.0. The third kappa shape index (κ3) is 0.813. The van der Waals surface area contributed by atoms with E-state index in [1.807, 2.05) is 0 Å². The summed E-state index contributed by atoms with van der Waals surface area (Å²) >= 11 is 0. The molecule has 2 atom stereocenters. The van der Waals surface area contributed by atoms with Gasteiger partial charge in [-0.2, -0.15) is 13.2 Å². The SMILES string of the molecule is C[C@]1(C(F)(F)F)C[C@@H]1N. The van der Waals surface area contributed by atoms with Crippen molar-refractivity contribution >= 4 is 0 Å². The number of halogens is 3. The smallest absolute Gasteiger partial charge is 0.327 e. The summed E-state index contributed by atoms with van der Waals surface area (Å²) < 4.78 is 35.4. The van der Waals surface area contributed by atoms with Gasteiger partial charge in [0.1, 0.15) is 0 Å². The van der Waals surface area contributed by atoms with Crippen LogP contribution in [0.15, 0.2) is 0 Å². The van der Waals surface area contributed by atoms with Gasteiger partial charge >= 0.3 is 6.18 Å². The van der Waals surface area contributed by atoms with Gasteiger partial charge in [0, 0.05) is 6.04 Å². The Bertz CT molecular complexity index is 131. The minimum Gasteiger partial charge on any atom is -0.327 e. The van der Waals surface area contributed by atoms with Crippen LogP contribution in [0.3, 0.4) is 0 Å². The van der Waals surface area contributed by atoms with E-state index >= 15 is 0 Å². The number of hydrogen-bond acceptors (Lipinski definition) is 1. The first-order valence-electron chi connectivity index (χ1n) is 2.70. The second-order valence-corrected chi connectivity index (χ2v) is 2.73. The fraction of sp³-hybridized carbons (Fsp3) is 1.00. The molecule has 1 rings (SSSR count). The molecule has 4 heteroatoms. The summed E-state index contributed by atoms with van der Waals surface area (Å²) in [6.07, 6.45) is -4.02. The summed E-state index contributed by atoms with van der Waals surface area (Å²) in [6.45, 7) is 1.15. The maximum atomic E-state index is 11.8. The fourth-order valence-corrected chi connectivity index (χ4v) is 0.724. The maximum Gasteiger partial charge on any atom is 0.395 e. The second kappa shape index (κ2) is 1.42. The average molecular weight is 139 g/mol. The number of nitrogens with two attached hydrogens (primary N) is 1. The first kappa shape index (κ1) is 6.86. The molecule has 0 heterocycles. The Morgan fingerprint density at radius 3 is 1.89 bits per heavy atom. The molecule has 2 N–H and O–H groups in total. The monoisotopic (exact) mass is 139 g/mol. The molecule has 0 aromatic rings. The molecule has 0 aromatic heterocycles. The second-order valence-electron chi connectivity index (χ2n) is 2.73. The highest BCUT2D eigenvalue weighted by molar-refractivity contribution is 5.07. The van der Waals surface area contributed by atoms with Gasteiger partial charge in [0.2, 0.25) is 0 Å². The van der Waals surface area contributed by atoms with Crippen LogP contribution in [0.5, 0.6) is 0 Å². The van der Waals surface area contributed by atoms with Gasteiger partial charge in [0.05, 0.1) is 5.41 Å². The van der Waals surface area contributed by atoms with E-state index in [-0.39, 0.29) is 6.42 Å². The quantitative estimate of drug-likeness (QED) is 0.537. The van der Waals surface area contributed by atoms with Crippen LogP contribution in [0.2, 0.25) is 0 Å². The van der Waals surface area contributed by atoms with Gasteiger partial charge in [-0.1, -0.05) is 0 Å². The van der Waals surface area contributed by atoms with Crippen molar-refractivity contribution in [3.05, 3.63) is 0 Å². The summed E-state index contributed by atoms with van der Waals surface area (Å²) in [5, 5.41) is 0. The van der Waals surface area contributed by atoms with Crippen molar-refractivity contribution in [2.24, 2.45) is 11.1 Å². The number of hydrogen-bond donors (Lipinski definition) is 1. The van der Waals surface area contributed by atoms with Crippen molar-refractivity contribution < 1.29 is 13.2 Å². The molecule has 0 aliphatic heterocycles. The first-order chi connectivity index (χ1) is 3.88. The summed E-state index contributed by atoms with van der Waals surface area (Å²) in [6, 6.07) is -0.669. The average Bonchev–Trinajstić information content (AvgIpc) is 2.13. The predicted molar refractivity (Wildman–Crippen MR) is 26.8 cm³/mol. The van der Waals surface area contributed by atoms with Crippen molar-refractivity contribution in [1.29, 1.82) is 0 Å². The zero-order valence-electron chi connectivity index (χ0n) is 5.00. The van der Waals surface area contributed by atoms with Crippen molar-refractivity contribution in [3.63, 3.8) is 0 Å². The molecule has 0 spiro atoms. The minimum atomic E-state index is -4.10. The van der Waals surface area contributed by atoms with Crippen molar-refractivity contribution in [1.82, 2.24) is 0 Å². The molecule has 1 fully saturated rings. The van der Waals surface area contributed by atoms with E-state index in [0.717, 1.165) is 6.92 Å². The lowest BCUT2D eigenvalue weighted by molar-refractivity contribution is -0.182. The third-order valence-corrected chi connectivity index (χ3v) is 1.95. The Morgan fingerprint density at radius 1 is 1.56 bits per heavy atom. The molecule has 0 aromatic carbocycles. The van der Waals surface area contributed by atoms with Crippen LogP contribution in [0, 0.1) is 5.41 Å². The van der Waals surface area contributed by atoms with Crippen molar-refractivity contribution in [2.75, 3.05) is 0 Å². The largest absolute Gasteiger partial charge is 0.395 e. The minimum absolute atomic E-state index is 0.0799. The Hall–Kier alpha value is -0.250. The lowest BCUT2D eigenvalue weighted by atomic mass is 10.1. The van der Waals surface area contributed by atoms with E-state index in [1.54, 1.807) is 0 Å². The molecule has 0 saturated heterocycles. The molecule has 0 bridgehead atoms. The summed E-state index contributed by atoms with van der Waals surface area (Å²) in [5.41, 5.74) is 3.49. The molecule has 1 aliphatic carbocycles. The summed E-state index contributed by atoms with van der Waals surface area (Å²) in [4.78, 5) is 0. The molecule has 0 amide bonds. The molecule has 1 nitrogen and oxygen atoms in total. The van der Waals surface area contributed by atoms with Crippen LogP contribution in [-0.4, -0.2) is 12.2 Å². The number of alkyl halides is 3. The maximum absolute atomic E-state index is 11.8. The Kier molecular flexibility index (Phi) is 1.09. The van der Waals surface area contributed by atoms with E-state index in [0.29, 0.717) is 0 Å². The van der Waals surface area contributed by atoms with Crippen LogP contribution in [0.25, 0.3) is 0 Å². The Labute approximate surface area is 51.0 Å². The topological polar surface area (TPSA) is 26.0 Å². The Morgan fingerprint density at radius 2 is 1.89 bits per heavy atom. The van der Waals surface area contributed by atoms with Gasteiger partial charge in [-0.25, -0.2) is 0 Å². The third-order valence-electron chi connectivity index (χ3n) is 1.95. The van der Waals surface area contributed by atoms with Gasteiger partial charge in [-0.05, 0) is 13.3 Å². The van der Waals surface area contributed by atoms with Crippen molar-refractivity contribution in [3.8, 4) is 0 Å². The standard InChI is InChI=1S/C5H8F3N/c1-4(2-3(4)9)5(6,7)8/h3H,2,9H2,1H3/t3-,4-/m0/s1. The zero-order chi connectivity index (χ0) is 7.28. The van der Waals surface area contributed by atoms with E-state index in [1.165, 1.54) is 0 Å². The van der Waals surface area contributed by atoms with Gasteiger partial charge < -0.3 is 5.73 Å². The molecular formula is C5H8F3N. The van der Waals surface area contributed by atoms with Crippen LogP contribution < -0.4 is 5.73 Å². The fourth-order valence-electron chi connectivity index (χ4n) is 0.724. The molecular weight excluding hydrogens is 131 g/mol. The molecule has 0 radical (unpaired) electrons. The summed E-state index contributed by atoms with van der Waals surface area (Å²) in [7, 11) is 0. The highest BCUT2D eigenvalue weighted by Gasteiger charge is 2.65.